The first-order chi connectivity index (χ1) is 9.31. The summed E-state index contributed by atoms with van der Waals surface area (Å²) in [7, 11) is 0. The van der Waals surface area contributed by atoms with Gasteiger partial charge in [-0.05, 0) is 32.6 Å². The molecule has 4 heteroatoms. The summed E-state index contributed by atoms with van der Waals surface area (Å²) >= 11 is 2.24. The summed E-state index contributed by atoms with van der Waals surface area (Å²) in [6.45, 7) is 5.43. The van der Waals surface area contributed by atoms with Crippen molar-refractivity contribution in [2.45, 2.75) is 62.7 Å². The highest BCUT2D eigenvalue weighted by Gasteiger charge is 2.38. The average molecular weight is 281 g/mol. The van der Waals surface area contributed by atoms with Crippen molar-refractivity contribution in [1.82, 2.24) is 10.2 Å². The smallest absolute Gasteiger partial charge is 0.194 e. The maximum absolute atomic E-state index is 4.73. The molecule has 0 atom stereocenters. The monoisotopic (exact) mass is 281 g/mol. The third kappa shape index (κ3) is 3.39. The van der Waals surface area contributed by atoms with Gasteiger partial charge in [0.25, 0.3) is 0 Å². The lowest BCUT2D eigenvalue weighted by molar-refractivity contribution is 0.293. The second-order valence-corrected chi connectivity index (χ2v) is 7.79. The van der Waals surface area contributed by atoms with Crippen LogP contribution in [0.3, 0.4) is 0 Å². The molecule has 2 aliphatic carbocycles. The minimum absolute atomic E-state index is 0.538. The zero-order valence-electron chi connectivity index (χ0n) is 12.2. The summed E-state index contributed by atoms with van der Waals surface area (Å²) in [6, 6.07) is 0.710. The highest BCUT2D eigenvalue weighted by molar-refractivity contribution is 8.00. The number of aliphatic imine (C=N–C) groups is 1. The molecule has 0 aromatic heterocycles. The van der Waals surface area contributed by atoms with Crippen LogP contribution in [0.5, 0.6) is 0 Å². The summed E-state index contributed by atoms with van der Waals surface area (Å²) < 4.78 is 0.538. The fraction of sp³-hybridized carbons (Fsp3) is 0.933. The molecule has 3 aliphatic rings. The Kier molecular flexibility index (Phi) is 4.25. The van der Waals surface area contributed by atoms with Crippen molar-refractivity contribution in [3.05, 3.63) is 0 Å². The molecule has 1 spiro atoms. The lowest BCUT2D eigenvalue weighted by Gasteiger charge is -2.45. The van der Waals surface area contributed by atoms with Crippen LogP contribution >= 0.6 is 11.8 Å². The van der Waals surface area contributed by atoms with Crippen molar-refractivity contribution < 1.29 is 0 Å². The van der Waals surface area contributed by atoms with Gasteiger partial charge < -0.3 is 10.2 Å². The van der Waals surface area contributed by atoms with E-state index in [-0.39, 0.29) is 0 Å². The fourth-order valence-corrected chi connectivity index (χ4v) is 4.89. The van der Waals surface area contributed by atoms with Crippen LogP contribution in [0.4, 0.5) is 0 Å². The summed E-state index contributed by atoms with van der Waals surface area (Å²) in [4.78, 5) is 7.27. The van der Waals surface area contributed by atoms with Crippen LogP contribution in [0.15, 0.2) is 4.99 Å². The molecule has 0 amide bonds. The zero-order valence-corrected chi connectivity index (χ0v) is 13.0. The minimum Gasteiger partial charge on any atom is -0.354 e. The third-order valence-electron chi connectivity index (χ3n) is 4.53. The molecular formula is C15H27N3S. The number of rotatable bonds is 2. The predicted octanol–water partition coefficient (Wildman–Crippen LogP) is 2.87. The Balaban J connectivity index is 1.66. The molecule has 1 aliphatic heterocycles. The molecule has 0 unspecified atom stereocenters. The van der Waals surface area contributed by atoms with Crippen LogP contribution < -0.4 is 5.32 Å². The van der Waals surface area contributed by atoms with Crippen LogP contribution in [-0.4, -0.2) is 47.0 Å². The van der Waals surface area contributed by atoms with E-state index in [1.165, 1.54) is 69.7 Å². The molecule has 0 aromatic rings. The SMILES string of the molecule is CCN=C(NC1CC1)N1CCSC2(CCCCC2)C1. The molecule has 3 fully saturated rings. The van der Waals surface area contributed by atoms with Crippen molar-refractivity contribution in [1.29, 1.82) is 0 Å². The van der Waals surface area contributed by atoms with Gasteiger partial charge in [0.1, 0.15) is 0 Å². The van der Waals surface area contributed by atoms with Gasteiger partial charge in [-0.3, -0.25) is 4.99 Å². The minimum atomic E-state index is 0.538. The first kappa shape index (κ1) is 13.6. The van der Waals surface area contributed by atoms with E-state index in [0.717, 1.165) is 6.54 Å². The van der Waals surface area contributed by atoms with Gasteiger partial charge in [-0.25, -0.2) is 0 Å². The van der Waals surface area contributed by atoms with Crippen LogP contribution in [0, 0.1) is 0 Å². The van der Waals surface area contributed by atoms with Crippen LogP contribution in [0.1, 0.15) is 51.9 Å². The molecule has 0 aromatic carbocycles. The lowest BCUT2D eigenvalue weighted by Crippen LogP contribution is -2.53. The molecule has 1 heterocycles. The normalized spacial score (nSPS) is 27.6. The van der Waals surface area contributed by atoms with Gasteiger partial charge in [0.05, 0.1) is 0 Å². The average Bonchev–Trinajstić information content (AvgIpc) is 3.23. The highest BCUT2D eigenvalue weighted by atomic mass is 32.2. The van der Waals surface area contributed by atoms with Gasteiger partial charge >= 0.3 is 0 Å². The molecule has 1 saturated heterocycles. The molecule has 0 bridgehead atoms. The first-order valence-corrected chi connectivity index (χ1v) is 9.00. The van der Waals surface area contributed by atoms with E-state index in [1.807, 2.05) is 0 Å². The Labute approximate surface area is 121 Å². The van der Waals surface area contributed by atoms with Crippen LogP contribution in [0.25, 0.3) is 0 Å². The molecule has 1 N–H and O–H groups in total. The first-order valence-electron chi connectivity index (χ1n) is 8.01. The molecular weight excluding hydrogens is 254 g/mol. The second kappa shape index (κ2) is 5.94. The van der Waals surface area contributed by atoms with Gasteiger partial charge in [-0.1, -0.05) is 19.3 Å². The van der Waals surface area contributed by atoms with E-state index < -0.39 is 0 Å². The van der Waals surface area contributed by atoms with Gasteiger partial charge in [0, 0.05) is 36.2 Å². The van der Waals surface area contributed by atoms with Crippen molar-refractivity contribution in [3.63, 3.8) is 0 Å². The maximum Gasteiger partial charge on any atom is 0.194 e. The number of nitrogens with one attached hydrogen (secondary N) is 1. The molecule has 19 heavy (non-hydrogen) atoms. The molecule has 2 saturated carbocycles. The third-order valence-corrected chi connectivity index (χ3v) is 6.07. The van der Waals surface area contributed by atoms with Crippen molar-refractivity contribution in [3.8, 4) is 0 Å². The van der Waals surface area contributed by atoms with E-state index in [4.69, 9.17) is 4.99 Å². The molecule has 108 valence electrons. The van der Waals surface area contributed by atoms with E-state index in [9.17, 15) is 0 Å². The number of nitrogens with zero attached hydrogens (tertiary/aromatic N) is 2. The Bertz CT molecular complexity index is 327. The summed E-state index contributed by atoms with van der Waals surface area (Å²) in [6.07, 6.45) is 9.79. The number of hydrogen-bond donors (Lipinski definition) is 1. The van der Waals surface area contributed by atoms with Gasteiger partial charge in [-0.15, -0.1) is 0 Å². The molecule has 3 nitrogen and oxygen atoms in total. The van der Waals surface area contributed by atoms with Gasteiger partial charge in [0.15, 0.2) is 5.96 Å². The number of hydrogen-bond acceptors (Lipinski definition) is 2. The summed E-state index contributed by atoms with van der Waals surface area (Å²) in [5.41, 5.74) is 0. The largest absolute Gasteiger partial charge is 0.354 e. The Hall–Kier alpha value is -0.380. The fourth-order valence-electron chi connectivity index (χ4n) is 3.32. The predicted molar refractivity (Wildman–Crippen MR) is 84.0 cm³/mol. The standard InChI is InChI=1S/C15H27N3S/c1-2-16-14(17-13-6-7-13)18-10-11-19-15(12-18)8-4-3-5-9-15/h13H,2-12H2,1H3,(H,16,17). The van der Waals surface area contributed by atoms with Gasteiger partial charge in [-0.2, -0.15) is 11.8 Å². The summed E-state index contributed by atoms with van der Waals surface area (Å²) in [5, 5.41) is 3.65. The highest BCUT2D eigenvalue weighted by Crippen LogP contribution is 2.42. The molecule has 0 radical (unpaired) electrons. The summed E-state index contributed by atoms with van der Waals surface area (Å²) in [5.74, 6) is 2.46. The Morgan fingerprint density at radius 1 is 1.32 bits per heavy atom. The molecule has 3 rings (SSSR count). The Morgan fingerprint density at radius 2 is 2.11 bits per heavy atom. The second-order valence-electron chi connectivity index (χ2n) is 6.23. The van der Waals surface area contributed by atoms with E-state index >= 15 is 0 Å². The van der Waals surface area contributed by atoms with E-state index in [0.29, 0.717) is 10.8 Å². The van der Waals surface area contributed by atoms with Crippen molar-refractivity contribution in [2.24, 2.45) is 4.99 Å². The van der Waals surface area contributed by atoms with Crippen molar-refractivity contribution in [2.75, 3.05) is 25.4 Å². The number of thioether (sulfide) groups is 1. The topological polar surface area (TPSA) is 27.6 Å². The van der Waals surface area contributed by atoms with Crippen LogP contribution in [-0.2, 0) is 0 Å². The number of guanidine groups is 1. The Morgan fingerprint density at radius 3 is 2.79 bits per heavy atom. The van der Waals surface area contributed by atoms with E-state index in [2.05, 4.69) is 28.9 Å². The lowest BCUT2D eigenvalue weighted by atomic mass is 9.87. The zero-order chi connectivity index (χ0) is 13.1. The van der Waals surface area contributed by atoms with Crippen LogP contribution in [0.2, 0.25) is 0 Å². The quantitative estimate of drug-likeness (QED) is 0.623. The van der Waals surface area contributed by atoms with Gasteiger partial charge in [0.2, 0.25) is 0 Å². The van der Waals surface area contributed by atoms with Crippen molar-refractivity contribution >= 4 is 17.7 Å². The van der Waals surface area contributed by atoms with E-state index in [1.54, 1.807) is 0 Å². The maximum atomic E-state index is 4.73.